The topological polar surface area (TPSA) is 17.1 Å². The molecule has 1 aromatic rings. The van der Waals surface area contributed by atoms with Gasteiger partial charge in [-0.3, -0.25) is 0 Å². The Hall–Kier alpha value is -1.33. The summed E-state index contributed by atoms with van der Waals surface area (Å²) >= 11 is 0. The van der Waals surface area contributed by atoms with Crippen LogP contribution in [0.1, 0.15) is 18.1 Å². The zero-order valence-corrected chi connectivity index (χ0v) is 6.72. The highest BCUT2D eigenvalue weighted by molar-refractivity contribution is 5.87. The number of allylic oxidation sites excluding steroid dienone is 1. The fraction of sp³-hybridized carbons (Fsp3) is 0.200. The highest BCUT2D eigenvalue weighted by Gasteiger charge is 1.97. The lowest BCUT2D eigenvalue weighted by atomic mass is 10.0. The van der Waals surface area contributed by atoms with E-state index in [2.05, 4.69) is 0 Å². The van der Waals surface area contributed by atoms with Gasteiger partial charge >= 0.3 is 0 Å². The molecule has 0 aliphatic heterocycles. The summed E-state index contributed by atoms with van der Waals surface area (Å²) in [4.78, 5) is 10.3. The molecule has 0 bridgehead atoms. The lowest BCUT2D eigenvalue weighted by Crippen LogP contribution is -1.84. The Kier molecular flexibility index (Phi) is 2.25. The standard InChI is InChI=1S/C10H10O/c1-8-5-3-4-6-10(8)9(2)7-11/h3-6H,1-2H3. The van der Waals surface area contributed by atoms with E-state index < -0.39 is 0 Å². The van der Waals surface area contributed by atoms with Crippen molar-refractivity contribution in [1.82, 2.24) is 0 Å². The van der Waals surface area contributed by atoms with E-state index in [0.29, 0.717) is 5.57 Å². The molecular formula is C10H10O. The van der Waals surface area contributed by atoms with E-state index in [1.807, 2.05) is 37.1 Å². The van der Waals surface area contributed by atoms with Crippen molar-refractivity contribution in [3.8, 4) is 0 Å². The van der Waals surface area contributed by atoms with Gasteiger partial charge < -0.3 is 0 Å². The summed E-state index contributed by atoms with van der Waals surface area (Å²) in [6.07, 6.45) is 0. The van der Waals surface area contributed by atoms with E-state index in [-0.39, 0.29) is 0 Å². The Morgan fingerprint density at radius 3 is 2.55 bits per heavy atom. The molecule has 1 nitrogen and oxygen atoms in total. The highest BCUT2D eigenvalue weighted by Crippen LogP contribution is 2.14. The molecule has 0 atom stereocenters. The fourth-order valence-electron chi connectivity index (χ4n) is 1.05. The normalized spacial score (nSPS) is 8.91. The summed E-state index contributed by atoms with van der Waals surface area (Å²) in [6.45, 7) is 3.76. The van der Waals surface area contributed by atoms with Gasteiger partial charge in [-0.2, -0.15) is 0 Å². The molecule has 1 aromatic carbocycles. The van der Waals surface area contributed by atoms with Crippen LogP contribution in [0, 0.1) is 6.92 Å². The molecule has 0 saturated carbocycles. The Labute approximate surface area is 66.4 Å². The third-order valence-electron chi connectivity index (χ3n) is 1.70. The first kappa shape index (κ1) is 7.77. The summed E-state index contributed by atoms with van der Waals surface area (Å²) in [5, 5.41) is 0. The predicted molar refractivity (Wildman–Crippen MR) is 46.0 cm³/mol. The molecule has 0 unspecified atom stereocenters. The maximum atomic E-state index is 10.3. The van der Waals surface area contributed by atoms with Crippen LogP contribution in [0.25, 0.3) is 5.57 Å². The molecule has 0 amide bonds. The fourth-order valence-corrected chi connectivity index (χ4v) is 1.05. The molecule has 0 aliphatic carbocycles. The zero-order chi connectivity index (χ0) is 8.27. The first-order chi connectivity index (χ1) is 5.25. The minimum absolute atomic E-state index is 0.670. The van der Waals surface area contributed by atoms with Gasteiger partial charge in [0.1, 0.15) is 5.94 Å². The van der Waals surface area contributed by atoms with E-state index in [9.17, 15) is 4.79 Å². The second-order valence-electron chi connectivity index (χ2n) is 2.54. The van der Waals surface area contributed by atoms with Crippen LogP contribution in [0.15, 0.2) is 24.3 Å². The molecule has 1 heteroatoms. The van der Waals surface area contributed by atoms with Gasteiger partial charge in [-0.05, 0) is 25.0 Å². The van der Waals surface area contributed by atoms with E-state index >= 15 is 0 Å². The molecular weight excluding hydrogens is 136 g/mol. The van der Waals surface area contributed by atoms with Crippen LogP contribution in [0.4, 0.5) is 0 Å². The average molecular weight is 146 g/mol. The Bertz CT molecular complexity index is 306. The van der Waals surface area contributed by atoms with Crippen LogP contribution < -0.4 is 0 Å². The average Bonchev–Trinajstić information content (AvgIpc) is 2.04. The molecule has 56 valence electrons. The van der Waals surface area contributed by atoms with Crippen LogP contribution in [0.5, 0.6) is 0 Å². The number of aryl methyl sites for hydroxylation is 1. The maximum absolute atomic E-state index is 10.3. The second-order valence-corrected chi connectivity index (χ2v) is 2.54. The van der Waals surface area contributed by atoms with Crippen molar-refractivity contribution in [2.24, 2.45) is 0 Å². The molecule has 0 radical (unpaired) electrons. The van der Waals surface area contributed by atoms with Gasteiger partial charge in [-0.15, -0.1) is 0 Å². The van der Waals surface area contributed by atoms with Crippen molar-refractivity contribution in [3.63, 3.8) is 0 Å². The van der Waals surface area contributed by atoms with Crippen LogP contribution in [0.2, 0.25) is 0 Å². The van der Waals surface area contributed by atoms with Gasteiger partial charge in [-0.25, -0.2) is 4.79 Å². The van der Waals surface area contributed by atoms with E-state index in [1.54, 1.807) is 6.92 Å². The molecule has 0 spiro atoms. The molecule has 0 heterocycles. The molecule has 0 saturated heterocycles. The summed E-state index contributed by atoms with van der Waals surface area (Å²) < 4.78 is 0. The van der Waals surface area contributed by atoms with Crippen molar-refractivity contribution >= 4 is 11.5 Å². The van der Waals surface area contributed by atoms with E-state index in [4.69, 9.17) is 0 Å². The summed E-state index contributed by atoms with van der Waals surface area (Å²) in [7, 11) is 0. The first-order valence-electron chi connectivity index (χ1n) is 3.53. The first-order valence-corrected chi connectivity index (χ1v) is 3.53. The summed E-state index contributed by atoms with van der Waals surface area (Å²) in [5.74, 6) is 1.89. The number of benzene rings is 1. The number of hydrogen-bond acceptors (Lipinski definition) is 1. The van der Waals surface area contributed by atoms with Gasteiger partial charge in [0, 0.05) is 5.57 Å². The largest absolute Gasteiger partial charge is 0.233 e. The summed E-state index contributed by atoms with van der Waals surface area (Å²) in [5.41, 5.74) is 2.78. The smallest absolute Gasteiger partial charge is 0.128 e. The van der Waals surface area contributed by atoms with Gasteiger partial charge in [0.2, 0.25) is 0 Å². The van der Waals surface area contributed by atoms with Crippen molar-refractivity contribution < 1.29 is 4.79 Å². The van der Waals surface area contributed by atoms with Gasteiger partial charge in [0.15, 0.2) is 0 Å². The zero-order valence-electron chi connectivity index (χ0n) is 6.72. The van der Waals surface area contributed by atoms with Crippen molar-refractivity contribution in [1.29, 1.82) is 0 Å². The van der Waals surface area contributed by atoms with Crippen molar-refractivity contribution in [3.05, 3.63) is 35.4 Å². The molecule has 0 aliphatic rings. The van der Waals surface area contributed by atoms with Gasteiger partial charge in [0.25, 0.3) is 0 Å². The molecule has 0 aromatic heterocycles. The Morgan fingerprint density at radius 2 is 2.00 bits per heavy atom. The van der Waals surface area contributed by atoms with Gasteiger partial charge in [0.05, 0.1) is 0 Å². The lowest BCUT2D eigenvalue weighted by Gasteiger charge is -2.00. The Balaban J connectivity index is 3.24. The third kappa shape index (κ3) is 1.57. The Morgan fingerprint density at radius 1 is 1.36 bits per heavy atom. The SMILES string of the molecule is CC(=C=O)c1ccccc1C. The minimum Gasteiger partial charge on any atom is -0.233 e. The van der Waals surface area contributed by atoms with Crippen molar-refractivity contribution in [2.75, 3.05) is 0 Å². The maximum Gasteiger partial charge on any atom is 0.128 e. The number of rotatable bonds is 1. The monoisotopic (exact) mass is 146 g/mol. The molecule has 0 N–H and O–H groups in total. The van der Waals surface area contributed by atoms with E-state index in [0.717, 1.165) is 11.1 Å². The van der Waals surface area contributed by atoms with Crippen LogP contribution in [-0.4, -0.2) is 5.94 Å². The quantitative estimate of drug-likeness (QED) is 0.555. The minimum atomic E-state index is 0.670. The van der Waals surface area contributed by atoms with Crippen molar-refractivity contribution in [2.45, 2.75) is 13.8 Å². The third-order valence-corrected chi connectivity index (χ3v) is 1.70. The number of carbonyl (C=O) groups excluding carboxylic acids is 1. The van der Waals surface area contributed by atoms with Crippen LogP contribution in [0.3, 0.4) is 0 Å². The number of hydrogen-bond donors (Lipinski definition) is 0. The molecule has 11 heavy (non-hydrogen) atoms. The lowest BCUT2D eigenvalue weighted by molar-refractivity contribution is 0.569. The highest BCUT2D eigenvalue weighted by atomic mass is 16.1. The molecule has 0 fully saturated rings. The van der Waals surface area contributed by atoms with Crippen LogP contribution in [-0.2, 0) is 4.79 Å². The van der Waals surface area contributed by atoms with Gasteiger partial charge in [-0.1, -0.05) is 24.3 Å². The second kappa shape index (κ2) is 3.18. The summed E-state index contributed by atoms with van der Waals surface area (Å²) in [6, 6.07) is 7.78. The van der Waals surface area contributed by atoms with Crippen LogP contribution >= 0.6 is 0 Å². The van der Waals surface area contributed by atoms with E-state index in [1.165, 1.54) is 0 Å². The predicted octanol–water partition coefficient (Wildman–Crippen LogP) is 2.23. The molecule has 1 rings (SSSR count).